The van der Waals surface area contributed by atoms with Gasteiger partial charge in [0, 0.05) is 13.0 Å². The minimum absolute atomic E-state index is 0.259. The second-order valence-electron chi connectivity index (χ2n) is 6.34. The Morgan fingerprint density at radius 2 is 1.68 bits per heavy atom. The number of carbonyl (C=O) groups is 3. The summed E-state index contributed by atoms with van der Waals surface area (Å²) in [7, 11) is 2.82. The Morgan fingerprint density at radius 3 is 2.32 bits per heavy atom. The highest BCUT2D eigenvalue weighted by molar-refractivity contribution is 5.92. The third kappa shape index (κ3) is 4.14. The first-order chi connectivity index (χ1) is 13.5. The maximum atomic E-state index is 12.7. The van der Waals surface area contributed by atoms with Gasteiger partial charge in [-0.1, -0.05) is 24.3 Å². The first kappa shape index (κ1) is 19.4. The van der Waals surface area contributed by atoms with Crippen LogP contribution in [0.15, 0.2) is 48.5 Å². The number of hydrogen-bond acceptors (Lipinski definition) is 6. The summed E-state index contributed by atoms with van der Waals surface area (Å²) in [6, 6.07) is 13.2. The number of ether oxygens (including phenoxy) is 3. The average molecular weight is 383 g/mol. The van der Waals surface area contributed by atoms with Gasteiger partial charge in [0.1, 0.15) is 11.8 Å². The third-order valence-electron chi connectivity index (χ3n) is 4.69. The van der Waals surface area contributed by atoms with Gasteiger partial charge in [0.25, 0.3) is 5.91 Å². The average Bonchev–Trinajstić information content (AvgIpc) is 2.75. The van der Waals surface area contributed by atoms with Crippen LogP contribution in [0.1, 0.15) is 21.5 Å². The summed E-state index contributed by atoms with van der Waals surface area (Å²) in [6.45, 7) is -0.199. The zero-order chi connectivity index (χ0) is 20.1. The number of methoxy groups -OCH3 is 2. The van der Waals surface area contributed by atoms with E-state index in [-0.39, 0.29) is 6.54 Å². The number of carbonyl (C=O) groups excluding carboxylic acids is 3. The Hall–Kier alpha value is -3.35. The lowest BCUT2D eigenvalue weighted by Gasteiger charge is -2.35. The first-order valence-corrected chi connectivity index (χ1v) is 8.78. The summed E-state index contributed by atoms with van der Waals surface area (Å²) in [5.41, 5.74) is 2.26. The molecule has 0 N–H and O–H groups in total. The molecule has 0 aliphatic carbocycles. The fraction of sp³-hybridized carbons (Fsp3) is 0.286. The van der Waals surface area contributed by atoms with Crippen LogP contribution in [0.5, 0.6) is 5.75 Å². The number of amides is 1. The van der Waals surface area contributed by atoms with Gasteiger partial charge in [-0.3, -0.25) is 4.79 Å². The molecule has 1 aliphatic heterocycles. The Labute approximate surface area is 162 Å². The molecule has 1 atom stereocenters. The SMILES string of the molecule is COC(=O)[C@@H]1Cc2ccccc2CN1C(=O)COC(=O)c1ccc(OC)cc1. The van der Waals surface area contributed by atoms with E-state index in [9.17, 15) is 14.4 Å². The van der Waals surface area contributed by atoms with Gasteiger partial charge in [-0.05, 0) is 35.4 Å². The van der Waals surface area contributed by atoms with Gasteiger partial charge in [0.2, 0.25) is 0 Å². The molecule has 1 heterocycles. The molecule has 0 saturated heterocycles. The van der Waals surface area contributed by atoms with Crippen molar-refractivity contribution < 1.29 is 28.6 Å². The molecule has 1 aliphatic rings. The van der Waals surface area contributed by atoms with Crippen LogP contribution >= 0.6 is 0 Å². The molecule has 2 aromatic rings. The number of esters is 2. The largest absolute Gasteiger partial charge is 0.497 e. The standard InChI is InChI=1S/C21H21NO6/c1-26-17-9-7-14(8-10-17)20(24)28-13-19(23)22-12-16-6-4-3-5-15(16)11-18(22)21(25)27-2/h3-10,18H,11-13H2,1-2H3/t18-/m0/s1. The van der Waals surface area contributed by atoms with Crippen LogP contribution < -0.4 is 4.74 Å². The fourth-order valence-electron chi connectivity index (χ4n) is 3.15. The van der Waals surface area contributed by atoms with Crippen LogP contribution in [0.3, 0.4) is 0 Å². The van der Waals surface area contributed by atoms with Crippen LogP contribution in [-0.2, 0) is 32.0 Å². The first-order valence-electron chi connectivity index (χ1n) is 8.78. The second-order valence-corrected chi connectivity index (χ2v) is 6.34. The lowest BCUT2D eigenvalue weighted by atomic mass is 9.94. The van der Waals surface area contributed by atoms with E-state index in [2.05, 4.69) is 0 Å². The van der Waals surface area contributed by atoms with E-state index in [0.29, 0.717) is 17.7 Å². The van der Waals surface area contributed by atoms with Gasteiger partial charge in [0.15, 0.2) is 6.61 Å². The summed E-state index contributed by atoms with van der Waals surface area (Å²) < 4.78 is 15.0. The highest BCUT2D eigenvalue weighted by Gasteiger charge is 2.35. The van der Waals surface area contributed by atoms with Crippen LogP contribution in [0.2, 0.25) is 0 Å². The van der Waals surface area contributed by atoms with E-state index < -0.39 is 30.5 Å². The Morgan fingerprint density at radius 1 is 1.00 bits per heavy atom. The minimum atomic E-state index is -0.743. The number of hydrogen-bond donors (Lipinski definition) is 0. The number of rotatable bonds is 5. The molecule has 2 aromatic carbocycles. The normalized spacial score (nSPS) is 15.4. The summed E-state index contributed by atoms with van der Waals surface area (Å²) >= 11 is 0. The van der Waals surface area contributed by atoms with Crippen molar-refractivity contribution in [1.29, 1.82) is 0 Å². The van der Waals surface area contributed by atoms with Crippen LogP contribution in [0, 0.1) is 0 Å². The quantitative estimate of drug-likeness (QED) is 0.735. The molecule has 0 radical (unpaired) electrons. The van der Waals surface area contributed by atoms with E-state index in [1.165, 1.54) is 19.1 Å². The predicted octanol–water partition coefficient (Wildman–Crippen LogP) is 1.98. The topological polar surface area (TPSA) is 82.1 Å². The van der Waals surface area contributed by atoms with Crippen molar-refractivity contribution in [1.82, 2.24) is 4.90 Å². The van der Waals surface area contributed by atoms with E-state index in [1.807, 2.05) is 24.3 Å². The number of benzene rings is 2. The molecule has 28 heavy (non-hydrogen) atoms. The summed E-state index contributed by atoms with van der Waals surface area (Å²) in [4.78, 5) is 38.4. The lowest BCUT2D eigenvalue weighted by Crippen LogP contribution is -2.50. The fourth-order valence-corrected chi connectivity index (χ4v) is 3.15. The lowest BCUT2D eigenvalue weighted by molar-refractivity contribution is -0.155. The van der Waals surface area contributed by atoms with Gasteiger partial charge < -0.3 is 19.1 Å². The molecule has 7 nitrogen and oxygen atoms in total. The van der Waals surface area contributed by atoms with Gasteiger partial charge in [-0.25, -0.2) is 9.59 Å². The van der Waals surface area contributed by atoms with Crippen molar-refractivity contribution in [2.24, 2.45) is 0 Å². The summed E-state index contributed by atoms with van der Waals surface area (Å²) in [6.07, 6.45) is 0.362. The molecule has 3 rings (SSSR count). The Balaban J connectivity index is 1.69. The van der Waals surface area contributed by atoms with Gasteiger partial charge in [0.05, 0.1) is 19.8 Å². The molecular weight excluding hydrogens is 362 g/mol. The molecule has 0 spiro atoms. The molecule has 1 amide bonds. The number of nitrogens with zero attached hydrogens (tertiary/aromatic N) is 1. The van der Waals surface area contributed by atoms with E-state index in [4.69, 9.17) is 14.2 Å². The molecule has 0 bridgehead atoms. The smallest absolute Gasteiger partial charge is 0.338 e. The summed E-state index contributed by atoms with van der Waals surface area (Å²) in [5.74, 6) is -0.959. The third-order valence-corrected chi connectivity index (χ3v) is 4.69. The molecule has 0 saturated carbocycles. The maximum absolute atomic E-state index is 12.7. The highest BCUT2D eigenvalue weighted by atomic mass is 16.5. The molecule has 146 valence electrons. The molecule has 0 unspecified atom stereocenters. The van der Waals surface area contributed by atoms with Crippen molar-refractivity contribution in [3.05, 3.63) is 65.2 Å². The van der Waals surface area contributed by atoms with E-state index in [1.54, 1.807) is 24.3 Å². The zero-order valence-electron chi connectivity index (χ0n) is 15.7. The Kier molecular flexibility index (Phi) is 5.93. The molecule has 0 aromatic heterocycles. The van der Waals surface area contributed by atoms with Crippen molar-refractivity contribution in [3.8, 4) is 5.75 Å². The molecule has 7 heteroatoms. The van der Waals surface area contributed by atoms with Crippen LogP contribution in [-0.4, -0.2) is 49.6 Å². The van der Waals surface area contributed by atoms with Crippen LogP contribution in [0.25, 0.3) is 0 Å². The molecular formula is C21H21NO6. The van der Waals surface area contributed by atoms with Gasteiger partial charge in [-0.2, -0.15) is 0 Å². The molecule has 0 fully saturated rings. The second kappa shape index (κ2) is 8.56. The van der Waals surface area contributed by atoms with Gasteiger partial charge >= 0.3 is 11.9 Å². The van der Waals surface area contributed by atoms with Crippen molar-refractivity contribution in [2.75, 3.05) is 20.8 Å². The van der Waals surface area contributed by atoms with Gasteiger partial charge in [-0.15, -0.1) is 0 Å². The monoisotopic (exact) mass is 383 g/mol. The highest BCUT2D eigenvalue weighted by Crippen LogP contribution is 2.24. The predicted molar refractivity (Wildman–Crippen MR) is 99.8 cm³/mol. The van der Waals surface area contributed by atoms with Crippen LogP contribution in [0.4, 0.5) is 0 Å². The maximum Gasteiger partial charge on any atom is 0.338 e. The van der Waals surface area contributed by atoms with Crippen molar-refractivity contribution in [2.45, 2.75) is 19.0 Å². The number of fused-ring (bicyclic) bond motifs is 1. The minimum Gasteiger partial charge on any atom is -0.497 e. The summed E-state index contributed by atoms with van der Waals surface area (Å²) in [5, 5.41) is 0. The van der Waals surface area contributed by atoms with E-state index in [0.717, 1.165) is 11.1 Å². The van der Waals surface area contributed by atoms with Crippen molar-refractivity contribution >= 4 is 17.8 Å². The van der Waals surface area contributed by atoms with Crippen molar-refractivity contribution in [3.63, 3.8) is 0 Å². The Bertz CT molecular complexity index is 877. The zero-order valence-corrected chi connectivity index (χ0v) is 15.7. The van der Waals surface area contributed by atoms with E-state index >= 15 is 0 Å².